The predicted molar refractivity (Wildman–Crippen MR) is 147 cm³/mol. The van der Waals surface area contributed by atoms with E-state index in [1.54, 1.807) is 6.26 Å². The third-order valence-corrected chi connectivity index (χ3v) is 6.88. The molecule has 0 unspecified atom stereocenters. The predicted octanol–water partition coefficient (Wildman–Crippen LogP) is 6.54. The van der Waals surface area contributed by atoms with Crippen LogP contribution < -0.4 is 0 Å². The molecule has 0 radical (unpaired) electrons. The van der Waals surface area contributed by atoms with Crippen LogP contribution in [0.25, 0.3) is 10.9 Å². The minimum atomic E-state index is 0.104. The Morgan fingerprint density at radius 1 is 0.972 bits per heavy atom. The molecule has 1 N–H and O–H groups in total. The van der Waals surface area contributed by atoms with Gasteiger partial charge in [0.2, 0.25) is 5.91 Å². The number of aromatic amines is 1. The highest BCUT2D eigenvalue weighted by Gasteiger charge is 2.22. The average molecular weight is 486 g/mol. The van der Waals surface area contributed by atoms with Crippen LogP contribution in [0.1, 0.15) is 57.1 Å². The number of nitrogens with one attached hydrogen (secondary N) is 1. The van der Waals surface area contributed by atoms with Crippen molar-refractivity contribution in [3.05, 3.63) is 95.6 Å². The number of hydrogen-bond acceptors (Lipinski definition) is 3. The van der Waals surface area contributed by atoms with Gasteiger partial charge < -0.3 is 14.3 Å². The first-order valence-electron chi connectivity index (χ1n) is 12.9. The summed E-state index contributed by atoms with van der Waals surface area (Å²) in [5.74, 6) is 1.01. The molecule has 0 atom stereocenters. The molecular weight excluding hydrogens is 446 g/mol. The van der Waals surface area contributed by atoms with Crippen LogP contribution in [0.4, 0.5) is 0 Å². The first-order valence-corrected chi connectivity index (χ1v) is 12.9. The topological polar surface area (TPSA) is 52.5 Å². The number of H-pyrrole nitrogens is 1. The summed E-state index contributed by atoms with van der Waals surface area (Å²) in [7, 11) is 0. The maximum absolute atomic E-state index is 13.7. The molecule has 5 heteroatoms. The molecule has 0 fully saturated rings. The molecule has 0 aliphatic carbocycles. The van der Waals surface area contributed by atoms with Gasteiger partial charge in [0.05, 0.1) is 19.4 Å². The summed E-state index contributed by atoms with van der Waals surface area (Å²) in [4.78, 5) is 21.2. The Bertz CT molecular complexity index is 1250. The molecule has 4 rings (SSSR count). The van der Waals surface area contributed by atoms with Crippen molar-refractivity contribution in [3.63, 3.8) is 0 Å². The molecule has 0 saturated heterocycles. The molecule has 0 bridgehead atoms. The minimum absolute atomic E-state index is 0.104. The summed E-state index contributed by atoms with van der Waals surface area (Å²) >= 11 is 0. The fourth-order valence-corrected chi connectivity index (χ4v) is 4.51. The highest BCUT2D eigenvalue weighted by atomic mass is 16.3. The maximum atomic E-state index is 13.7. The number of amides is 1. The Hall–Kier alpha value is -3.31. The van der Waals surface area contributed by atoms with Crippen LogP contribution in [0, 0.1) is 0 Å². The Morgan fingerprint density at radius 2 is 1.72 bits per heavy atom. The molecule has 2 aromatic carbocycles. The van der Waals surface area contributed by atoms with E-state index in [1.165, 1.54) is 16.5 Å². The van der Waals surface area contributed by atoms with Gasteiger partial charge >= 0.3 is 0 Å². The van der Waals surface area contributed by atoms with Gasteiger partial charge in [-0.3, -0.25) is 9.69 Å². The van der Waals surface area contributed by atoms with Gasteiger partial charge in [0.15, 0.2) is 0 Å². The lowest BCUT2D eigenvalue weighted by atomic mass is 9.87. The molecule has 190 valence electrons. The van der Waals surface area contributed by atoms with Crippen molar-refractivity contribution in [3.8, 4) is 0 Å². The number of nitrogens with zero attached hydrogens (tertiary/aromatic N) is 2. The quantitative estimate of drug-likeness (QED) is 0.277. The van der Waals surface area contributed by atoms with Crippen LogP contribution in [0.15, 0.2) is 77.5 Å². The van der Waals surface area contributed by atoms with Crippen molar-refractivity contribution >= 4 is 16.8 Å². The smallest absolute Gasteiger partial charge is 0.237 e. The number of fused-ring (bicyclic) bond motifs is 1. The van der Waals surface area contributed by atoms with Crippen LogP contribution in [0.2, 0.25) is 0 Å². The number of para-hydroxylation sites is 1. The van der Waals surface area contributed by atoms with Crippen LogP contribution in [-0.4, -0.2) is 39.8 Å². The zero-order valence-electron chi connectivity index (χ0n) is 22.3. The number of carbonyl (C=O) groups is 1. The van der Waals surface area contributed by atoms with Gasteiger partial charge in [0.1, 0.15) is 5.76 Å². The van der Waals surface area contributed by atoms with E-state index in [0.29, 0.717) is 26.2 Å². The van der Waals surface area contributed by atoms with Crippen molar-refractivity contribution in [1.29, 1.82) is 0 Å². The minimum Gasteiger partial charge on any atom is -0.468 e. The Morgan fingerprint density at radius 3 is 2.39 bits per heavy atom. The van der Waals surface area contributed by atoms with E-state index in [1.807, 2.05) is 23.1 Å². The van der Waals surface area contributed by atoms with E-state index in [9.17, 15) is 4.79 Å². The van der Waals surface area contributed by atoms with Crippen LogP contribution >= 0.6 is 0 Å². The molecule has 36 heavy (non-hydrogen) atoms. The van der Waals surface area contributed by atoms with E-state index < -0.39 is 0 Å². The number of furan rings is 1. The number of hydrogen-bond donors (Lipinski definition) is 1. The molecule has 5 nitrogen and oxygen atoms in total. The van der Waals surface area contributed by atoms with E-state index in [-0.39, 0.29) is 17.4 Å². The number of aromatic nitrogens is 1. The molecular formula is C31H39N3O2. The van der Waals surface area contributed by atoms with Crippen molar-refractivity contribution in [1.82, 2.24) is 14.8 Å². The van der Waals surface area contributed by atoms with Gasteiger partial charge in [0.25, 0.3) is 0 Å². The average Bonchev–Trinajstić information content (AvgIpc) is 3.51. The summed E-state index contributed by atoms with van der Waals surface area (Å²) in [5.41, 5.74) is 4.92. The number of carbonyl (C=O) groups excluding carboxylic acids is 1. The molecule has 1 amide bonds. The SMILES string of the molecule is CC(C)N(CC(=O)N(CCc1c[nH]c2ccccc12)Cc1ccc(C(C)(C)C)cc1)Cc1ccco1. The van der Waals surface area contributed by atoms with Gasteiger partial charge in [0, 0.05) is 36.2 Å². The monoisotopic (exact) mass is 485 g/mol. The lowest BCUT2D eigenvalue weighted by Crippen LogP contribution is -2.43. The van der Waals surface area contributed by atoms with Crippen molar-refractivity contribution in [2.24, 2.45) is 0 Å². The fourth-order valence-electron chi connectivity index (χ4n) is 4.51. The third kappa shape index (κ3) is 6.46. The van der Waals surface area contributed by atoms with E-state index >= 15 is 0 Å². The first-order chi connectivity index (χ1) is 17.2. The van der Waals surface area contributed by atoms with Gasteiger partial charge in [-0.15, -0.1) is 0 Å². The van der Waals surface area contributed by atoms with Crippen molar-refractivity contribution in [2.45, 2.75) is 65.6 Å². The zero-order valence-corrected chi connectivity index (χ0v) is 22.3. The second kappa shape index (κ2) is 11.2. The Labute approximate surface area is 215 Å². The lowest BCUT2D eigenvalue weighted by molar-refractivity contribution is -0.133. The van der Waals surface area contributed by atoms with Crippen LogP contribution in [-0.2, 0) is 29.7 Å². The molecule has 0 aliphatic rings. The molecule has 0 aliphatic heterocycles. The standard InChI is InChI=1S/C31H39N3O2/c1-23(2)34(21-27-9-8-18-36-27)22-30(35)33(20-24-12-14-26(15-13-24)31(3,4)5)17-16-25-19-32-29-11-7-6-10-28(25)29/h6-15,18-19,23,32H,16-17,20-22H2,1-5H3. The van der Waals surface area contributed by atoms with Crippen molar-refractivity contribution in [2.75, 3.05) is 13.1 Å². The highest BCUT2D eigenvalue weighted by Crippen LogP contribution is 2.23. The lowest BCUT2D eigenvalue weighted by Gasteiger charge is -2.29. The van der Waals surface area contributed by atoms with E-state index in [4.69, 9.17) is 4.42 Å². The van der Waals surface area contributed by atoms with Gasteiger partial charge in [-0.05, 0) is 60.6 Å². The zero-order chi connectivity index (χ0) is 25.7. The Kier molecular flexibility index (Phi) is 8.00. The van der Waals surface area contributed by atoms with Crippen LogP contribution in [0.5, 0.6) is 0 Å². The molecule has 2 aromatic heterocycles. The largest absolute Gasteiger partial charge is 0.468 e. The molecule has 0 saturated carbocycles. The highest BCUT2D eigenvalue weighted by molar-refractivity contribution is 5.83. The summed E-state index contributed by atoms with van der Waals surface area (Å²) < 4.78 is 5.56. The van der Waals surface area contributed by atoms with Gasteiger partial charge in [-0.25, -0.2) is 0 Å². The summed E-state index contributed by atoms with van der Waals surface area (Å²) in [6.45, 7) is 13.1. The number of benzene rings is 2. The summed E-state index contributed by atoms with van der Waals surface area (Å²) in [5, 5.41) is 1.22. The summed E-state index contributed by atoms with van der Waals surface area (Å²) in [6.07, 6.45) is 4.56. The number of rotatable bonds is 10. The van der Waals surface area contributed by atoms with Crippen LogP contribution in [0.3, 0.4) is 0 Å². The van der Waals surface area contributed by atoms with Gasteiger partial charge in [-0.2, -0.15) is 0 Å². The normalized spacial score (nSPS) is 12.1. The molecule has 0 spiro atoms. The fraction of sp³-hybridized carbons (Fsp3) is 0.387. The second-order valence-electron chi connectivity index (χ2n) is 10.9. The first kappa shape index (κ1) is 25.8. The maximum Gasteiger partial charge on any atom is 0.237 e. The molecule has 2 heterocycles. The second-order valence-corrected chi connectivity index (χ2v) is 10.9. The van der Waals surface area contributed by atoms with E-state index in [0.717, 1.165) is 23.3 Å². The van der Waals surface area contributed by atoms with Gasteiger partial charge in [-0.1, -0.05) is 63.2 Å². The van der Waals surface area contributed by atoms with E-state index in [2.05, 4.69) is 93.2 Å². The van der Waals surface area contributed by atoms with Crippen molar-refractivity contribution < 1.29 is 9.21 Å². The summed E-state index contributed by atoms with van der Waals surface area (Å²) in [6, 6.07) is 21.1. The third-order valence-electron chi connectivity index (χ3n) is 6.88. The Balaban J connectivity index is 1.52. The molecule has 4 aromatic rings.